The molecule has 0 saturated carbocycles. The highest BCUT2D eigenvalue weighted by molar-refractivity contribution is 5.81. The molecule has 2 aromatic heterocycles. The first-order chi connectivity index (χ1) is 9.24. The molecule has 3 rings (SSSR count). The van der Waals surface area contributed by atoms with Crippen LogP contribution in [0.25, 0.3) is 11.0 Å². The zero-order valence-corrected chi connectivity index (χ0v) is 10.7. The zero-order valence-electron chi connectivity index (χ0n) is 10.7. The molecule has 0 aliphatic heterocycles. The molecule has 0 saturated heterocycles. The maximum atomic E-state index is 12.0. The molecule has 0 N–H and O–H groups in total. The van der Waals surface area contributed by atoms with Gasteiger partial charge in [-0.1, -0.05) is 25.1 Å². The first-order valence-corrected chi connectivity index (χ1v) is 6.38. The third-order valence-electron chi connectivity index (χ3n) is 3.30. The Kier molecular flexibility index (Phi) is 2.95. The molecule has 0 bridgehead atoms. The van der Waals surface area contributed by atoms with Crippen molar-refractivity contribution in [2.45, 2.75) is 19.3 Å². The van der Waals surface area contributed by atoms with Crippen molar-refractivity contribution in [1.29, 1.82) is 0 Å². The largest absolute Gasteiger partial charge is 0.461 e. The van der Waals surface area contributed by atoms with Crippen LogP contribution in [0.1, 0.15) is 29.8 Å². The third-order valence-corrected chi connectivity index (χ3v) is 3.30. The Bertz CT molecular complexity index is 661. The van der Waals surface area contributed by atoms with Crippen LogP contribution in [0.15, 0.2) is 59.3 Å². The maximum absolute atomic E-state index is 12.0. The minimum atomic E-state index is 0.0716. The second kappa shape index (κ2) is 4.76. The van der Waals surface area contributed by atoms with Crippen LogP contribution < -0.4 is 0 Å². The normalized spacial score (nSPS) is 12.7. The molecular weight excluding hydrogens is 238 g/mol. The van der Waals surface area contributed by atoms with E-state index in [2.05, 4.69) is 0 Å². The van der Waals surface area contributed by atoms with Crippen LogP contribution in [0.2, 0.25) is 0 Å². The lowest BCUT2D eigenvalue weighted by Gasteiger charge is -2.07. The minimum absolute atomic E-state index is 0.0716. The van der Waals surface area contributed by atoms with Crippen molar-refractivity contribution in [2.75, 3.05) is 0 Å². The van der Waals surface area contributed by atoms with E-state index in [1.54, 1.807) is 17.0 Å². The number of carbonyl (C=O) groups excluding carboxylic acids is 1. The Morgan fingerprint density at radius 2 is 1.95 bits per heavy atom. The van der Waals surface area contributed by atoms with E-state index < -0.39 is 0 Å². The van der Waals surface area contributed by atoms with Gasteiger partial charge in [0.2, 0.25) is 5.91 Å². The molecule has 19 heavy (non-hydrogen) atoms. The van der Waals surface area contributed by atoms with E-state index in [1.807, 2.05) is 49.4 Å². The van der Waals surface area contributed by atoms with Crippen molar-refractivity contribution in [2.24, 2.45) is 0 Å². The fourth-order valence-electron chi connectivity index (χ4n) is 2.21. The molecule has 3 nitrogen and oxygen atoms in total. The van der Waals surface area contributed by atoms with Gasteiger partial charge in [-0.2, -0.15) is 0 Å². The van der Waals surface area contributed by atoms with E-state index in [4.69, 9.17) is 4.42 Å². The van der Waals surface area contributed by atoms with Crippen molar-refractivity contribution >= 4 is 16.9 Å². The molecule has 96 valence electrons. The molecule has 0 aliphatic rings. The van der Waals surface area contributed by atoms with E-state index in [9.17, 15) is 4.79 Å². The standard InChI is InChI=1S/C16H15NO2/c1-12(10-16(18)17-8-4-5-9-17)15-11-13-6-2-3-7-14(13)19-15/h2-9,11-12H,10H2,1H3/t12-/m1/s1. The number of rotatable bonds is 3. The summed E-state index contributed by atoms with van der Waals surface area (Å²) in [6.45, 7) is 2.01. The minimum Gasteiger partial charge on any atom is -0.461 e. The molecule has 0 radical (unpaired) electrons. The summed E-state index contributed by atoms with van der Waals surface area (Å²) in [4.78, 5) is 12.0. The molecule has 1 atom stereocenters. The van der Waals surface area contributed by atoms with Crippen molar-refractivity contribution in [3.8, 4) is 0 Å². The summed E-state index contributed by atoms with van der Waals surface area (Å²) in [6.07, 6.45) is 3.98. The van der Waals surface area contributed by atoms with E-state index >= 15 is 0 Å². The molecule has 0 fully saturated rings. The highest BCUT2D eigenvalue weighted by Gasteiger charge is 2.16. The summed E-state index contributed by atoms with van der Waals surface area (Å²) >= 11 is 0. The van der Waals surface area contributed by atoms with Crippen molar-refractivity contribution in [3.05, 3.63) is 60.6 Å². The van der Waals surface area contributed by atoms with Crippen LogP contribution in [0.5, 0.6) is 0 Å². The van der Waals surface area contributed by atoms with Gasteiger partial charge in [0.25, 0.3) is 0 Å². The fraction of sp³-hybridized carbons (Fsp3) is 0.188. The first kappa shape index (κ1) is 11.8. The van der Waals surface area contributed by atoms with Crippen LogP contribution in [0.3, 0.4) is 0 Å². The van der Waals surface area contributed by atoms with Crippen molar-refractivity contribution in [1.82, 2.24) is 4.57 Å². The molecule has 1 aromatic carbocycles. The van der Waals surface area contributed by atoms with E-state index in [0.717, 1.165) is 16.7 Å². The molecule has 3 aromatic rings. The molecule has 3 heteroatoms. The van der Waals surface area contributed by atoms with Gasteiger partial charge in [-0.15, -0.1) is 0 Å². The lowest BCUT2D eigenvalue weighted by Crippen LogP contribution is -2.11. The van der Waals surface area contributed by atoms with Crippen molar-refractivity contribution in [3.63, 3.8) is 0 Å². The lowest BCUT2D eigenvalue weighted by molar-refractivity contribution is 0.0892. The number of para-hydroxylation sites is 1. The Balaban J connectivity index is 1.80. The SMILES string of the molecule is C[C@H](CC(=O)n1cccc1)c1cc2ccccc2o1. The zero-order chi connectivity index (χ0) is 13.2. The number of hydrogen-bond donors (Lipinski definition) is 0. The smallest absolute Gasteiger partial charge is 0.231 e. The average Bonchev–Trinajstić information content (AvgIpc) is 3.07. The summed E-state index contributed by atoms with van der Waals surface area (Å²) in [5.74, 6) is 1.02. The quantitative estimate of drug-likeness (QED) is 0.705. The first-order valence-electron chi connectivity index (χ1n) is 6.38. The van der Waals surface area contributed by atoms with Gasteiger partial charge in [-0.25, -0.2) is 0 Å². The fourth-order valence-corrected chi connectivity index (χ4v) is 2.21. The number of nitrogens with zero attached hydrogens (tertiary/aromatic N) is 1. The number of carbonyl (C=O) groups is 1. The highest BCUT2D eigenvalue weighted by Crippen LogP contribution is 2.27. The molecular formula is C16H15NO2. The monoisotopic (exact) mass is 253 g/mol. The van der Waals surface area contributed by atoms with Gasteiger partial charge < -0.3 is 4.42 Å². The van der Waals surface area contributed by atoms with E-state index in [1.165, 1.54) is 0 Å². The Labute approximate surface area is 111 Å². The summed E-state index contributed by atoms with van der Waals surface area (Å²) < 4.78 is 7.40. The topological polar surface area (TPSA) is 35.1 Å². The van der Waals surface area contributed by atoms with Gasteiger partial charge in [-0.05, 0) is 24.3 Å². The highest BCUT2D eigenvalue weighted by atomic mass is 16.3. The predicted molar refractivity (Wildman–Crippen MR) is 74.3 cm³/mol. The number of furan rings is 1. The summed E-state index contributed by atoms with van der Waals surface area (Å²) in [6, 6.07) is 13.6. The molecule has 0 aliphatic carbocycles. The van der Waals surface area contributed by atoms with E-state index in [-0.39, 0.29) is 11.8 Å². The molecule has 0 spiro atoms. The Morgan fingerprint density at radius 1 is 1.21 bits per heavy atom. The van der Waals surface area contributed by atoms with Crippen LogP contribution in [0.4, 0.5) is 0 Å². The van der Waals surface area contributed by atoms with Crippen LogP contribution in [-0.4, -0.2) is 10.5 Å². The van der Waals surface area contributed by atoms with Gasteiger partial charge >= 0.3 is 0 Å². The van der Waals surface area contributed by atoms with Gasteiger partial charge in [0.05, 0.1) is 0 Å². The van der Waals surface area contributed by atoms with Crippen LogP contribution >= 0.6 is 0 Å². The van der Waals surface area contributed by atoms with Gasteiger partial charge in [0.15, 0.2) is 0 Å². The third kappa shape index (κ3) is 2.32. The molecule has 0 unspecified atom stereocenters. The average molecular weight is 253 g/mol. The van der Waals surface area contributed by atoms with Crippen LogP contribution in [0, 0.1) is 0 Å². The van der Waals surface area contributed by atoms with Gasteiger partial charge in [0.1, 0.15) is 11.3 Å². The maximum Gasteiger partial charge on any atom is 0.231 e. The number of hydrogen-bond acceptors (Lipinski definition) is 2. The Hall–Kier alpha value is -2.29. The van der Waals surface area contributed by atoms with Crippen molar-refractivity contribution < 1.29 is 9.21 Å². The lowest BCUT2D eigenvalue weighted by atomic mass is 10.0. The van der Waals surface area contributed by atoms with Crippen LogP contribution in [-0.2, 0) is 0 Å². The number of fused-ring (bicyclic) bond motifs is 1. The summed E-state index contributed by atoms with van der Waals surface area (Å²) in [5, 5.41) is 1.08. The predicted octanol–water partition coefficient (Wildman–Crippen LogP) is 4.07. The summed E-state index contributed by atoms with van der Waals surface area (Å²) in [5.41, 5.74) is 0.873. The van der Waals surface area contributed by atoms with E-state index in [0.29, 0.717) is 6.42 Å². The van der Waals surface area contributed by atoms with Gasteiger partial charge in [-0.3, -0.25) is 9.36 Å². The number of benzene rings is 1. The number of aromatic nitrogens is 1. The summed E-state index contributed by atoms with van der Waals surface area (Å²) in [7, 11) is 0. The molecule has 2 heterocycles. The Morgan fingerprint density at radius 3 is 2.68 bits per heavy atom. The second-order valence-corrected chi connectivity index (χ2v) is 4.78. The second-order valence-electron chi connectivity index (χ2n) is 4.78. The van der Waals surface area contributed by atoms with Gasteiger partial charge in [0, 0.05) is 30.1 Å². The molecule has 0 amide bonds.